The van der Waals surface area contributed by atoms with Gasteiger partial charge < -0.3 is 14.2 Å². The summed E-state index contributed by atoms with van der Waals surface area (Å²) in [4.78, 5) is 25.5. The third-order valence-electron chi connectivity index (χ3n) is 12.6. The maximum Gasteiger partial charge on any atom is 0.306 e. The highest BCUT2D eigenvalue weighted by Crippen LogP contribution is 2.16. The monoisotopic (exact) mass is 899 g/mol. The van der Waals surface area contributed by atoms with Crippen molar-refractivity contribution in [3.8, 4) is 0 Å². The van der Waals surface area contributed by atoms with Crippen molar-refractivity contribution in [3.05, 3.63) is 36.5 Å². The molecule has 0 aliphatic heterocycles. The van der Waals surface area contributed by atoms with Gasteiger partial charge in [0.25, 0.3) is 0 Å². The Morgan fingerprint density at radius 1 is 0.344 bits per heavy atom. The Hall–Kier alpha value is -1.88. The first kappa shape index (κ1) is 62.1. The van der Waals surface area contributed by atoms with E-state index in [0.29, 0.717) is 19.4 Å². The maximum atomic E-state index is 12.8. The van der Waals surface area contributed by atoms with Crippen molar-refractivity contribution in [1.82, 2.24) is 0 Å². The summed E-state index contributed by atoms with van der Waals surface area (Å²) >= 11 is 0. The van der Waals surface area contributed by atoms with Gasteiger partial charge in [0.1, 0.15) is 6.61 Å². The molecule has 0 rings (SSSR count). The van der Waals surface area contributed by atoms with Gasteiger partial charge in [-0.2, -0.15) is 0 Å². The van der Waals surface area contributed by atoms with E-state index in [9.17, 15) is 9.59 Å². The van der Waals surface area contributed by atoms with Crippen LogP contribution in [0.3, 0.4) is 0 Å². The first-order valence-corrected chi connectivity index (χ1v) is 28.5. The first-order chi connectivity index (χ1) is 31.6. The van der Waals surface area contributed by atoms with Crippen LogP contribution in [-0.2, 0) is 23.8 Å². The van der Waals surface area contributed by atoms with Crippen LogP contribution in [0.1, 0.15) is 303 Å². The van der Waals surface area contributed by atoms with Gasteiger partial charge in [0, 0.05) is 19.4 Å². The van der Waals surface area contributed by atoms with Crippen LogP contribution < -0.4 is 0 Å². The summed E-state index contributed by atoms with van der Waals surface area (Å²) in [6, 6.07) is 0. The molecule has 0 bridgehead atoms. The average Bonchev–Trinajstić information content (AvgIpc) is 3.30. The normalized spacial score (nSPS) is 12.4. The van der Waals surface area contributed by atoms with Gasteiger partial charge in [-0.3, -0.25) is 9.59 Å². The zero-order chi connectivity index (χ0) is 46.3. The van der Waals surface area contributed by atoms with E-state index in [1.807, 2.05) is 0 Å². The van der Waals surface area contributed by atoms with Gasteiger partial charge in [-0.25, -0.2) is 0 Å². The summed E-state index contributed by atoms with van der Waals surface area (Å²) in [6.45, 7) is 7.83. The standard InChI is InChI=1S/C59H110O5/c1-4-7-10-13-16-19-22-25-27-29-30-31-32-35-37-40-43-46-49-52-58(60)63-56-57(64-59(61)53-50-47-44-41-38-34-24-21-18-15-12-9-6-3)55-62-54-51-48-45-42-39-36-33-28-26-23-20-17-14-11-8-5-2/h16,19,25-28,57H,4-15,17-18,20-24,29-56H2,1-3H3/b19-16-,27-25-,28-26-. The van der Waals surface area contributed by atoms with Gasteiger partial charge in [0.15, 0.2) is 6.10 Å². The molecule has 5 heteroatoms. The SMILES string of the molecule is CCCCC/C=C\C/C=C\CCCCCCCCCCCC(=O)OCC(COCCCCCCCC/C=C\CCCCCCCC)OC(=O)CCCCCCCCCCCCCCC. The zero-order valence-corrected chi connectivity index (χ0v) is 43.3. The lowest BCUT2D eigenvalue weighted by atomic mass is 10.0. The molecule has 5 nitrogen and oxygen atoms in total. The number of esters is 2. The molecule has 0 spiro atoms. The molecule has 0 aliphatic rings. The van der Waals surface area contributed by atoms with Crippen molar-refractivity contribution < 1.29 is 23.8 Å². The fourth-order valence-corrected chi connectivity index (χ4v) is 8.36. The summed E-state index contributed by atoms with van der Waals surface area (Å²) in [5.41, 5.74) is 0. The Kier molecular flexibility index (Phi) is 53.8. The van der Waals surface area contributed by atoms with Crippen LogP contribution in [0.2, 0.25) is 0 Å². The maximum absolute atomic E-state index is 12.8. The van der Waals surface area contributed by atoms with Crippen LogP contribution in [0.4, 0.5) is 0 Å². The number of hydrogen-bond acceptors (Lipinski definition) is 5. The second-order valence-corrected chi connectivity index (χ2v) is 19.2. The topological polar surface area (TPSA) is 61.8 Å². The van der Waals surface area contributed by atoms with E-state index in [1.165, 1.54) is 225 Å². The molecule has 0 aliphatic carbocycles. The molecule has 0 aromatic rings. The lowest BCUT2D eigenvalue weighted by molar-refractivity contribution is -0.163. The minimum absolute atomic E-state index is 0.0859. The Morgan fingerprint density at radius 3 is 1.08 bits per heavy atom. The molecule has 0 amide bonds. The molecule has 0 saturated heterocycles. The highest BCUT2D eigenvalue weighted by atomic mass is 16.6. The number of allylic oxidation sites excluding steroid dienone is 6. The number of carbonyl (C=O) groups excluding carboxylic acids is 2. The van der Waals surface area contributed by atoms with E-state index in [0.717, 1.165) is 44.9 Å². The molecule has 64 heavy (non-hydrogen) atoms. The molecule has 1 atom stereocenters. The largest absolute Gasteiger partial charge is 0.462 e. The molecule has 1 unspecified atom stereocenters. The van der Waals surface area contributed by atoms with Crippen molar-refractivity contribution in [2.24, 2.45) is 0 Å². The molecule has 376 valence electrons. The van der Waals surface area contributed by atoms with E-state index in [4.69, 9.17) is 14.2 Å². The second-order valence-electron chi connectivity index (χ2n) is 19.2. The number of rotatable bonds is 53. The minimum Gasteiger partial charge on any atom is -0.462 e. The van der Waals surface area contributed by atoms with Crippen LogP contribution in [0.5, 0.6) is 0 Å². The number of unbranched alkanes of at least 4 members (excludes halogenated alkanes) is 36. The van der Waals surface area contributed by atoms with E-state index < -0.39 is 6.10 Å². The first-order valence-electron chi connectivity index (χ1n) is 28.5. The average molecular weight is 900 g/mol. The molecule has 0 heterocycles. The van der Waals surface area contributed by atoms with Crippen molar-refractivity contribution in [3.63, 3.8) is 0 Å². The fraction of sp³-hybridized carbons (Fsp3) is 0.864. The molecule has 0 aromatic carbocycles. The van der Waals surface area contributed by atoms with Crippen LogP contribution in [0, 0.1) is 0 Å². The summed E-state index contributed by atoms with van der Waals surface area (Å²) in [7, 11) is 0. The molecule has 0 N–H and O–H groups in total. The smallest absolute Gasteiger partial charge is 0.306 e. The summed E-state index contributed by atoms with van der Waals surface area (Å²) < 4.78 is 17.5. The Labute approximate surface area is 400 Å². The van der Waals surface area contributed by atoms with Crippen molar-refractivity contribution in [1.29, 1.82) is 0 Å². The number of hydrogen-bond donors (Lipinski definition) is 0. The molecule has 0 fully saturated rings. The Bertz CT molecular complexity index is 1020. The Morgan fingerprint density at radius 2 is 0.656 bits per heavy atom. The highest BCUT2D eigenvalue weighted by Gasteiger charge is 2.17. The van der Waals surface area contributed by atoms with Gasteiger partial charge in [-0.15, -0.1) is 0 Å². The van der Waals surface area contributed by atoms with E-state index in [-0.39, 0.29) is 25.2 Å². The van der Waals surface area contributed by atoms with Crippen LogP contribution in [-0.4, -0.2) is 37.9 Å². The molecule has 0 saturated carbocycles. The minimum atomic E-state index is -0.536. The van der Waals surface area contributed by atoms with E-state index in [1.54, 1.807) is 0 Å². The predicted molar refractivity (Wildman–Crippen MR) is 279 cm³/mol. The van der Waals surface area contributed by atoms with Gasteiger partial charge >= 0.3 is 11.9 Å². The van der Waals surface area contributed by atoms with Crippen molar-refractivity contribution >= 4 is 11.9 Å². The lowest BCUT2D eigenvalue weighted by Gasteiger charge is -2.18. The lowest BCUT2D eigenvalue weighted by Crippen LogP contribution is -2.30. The third-order valence-corrected chi connectivity index (χ3v) is 12.6. The number of ether oxygens (including phenoxy) is 3. The van der Waals surface area contributed by atoms with Crippen molar-refractivity contribution in [2.45, 2.75) is 309 Å². The van der Waals surface area contributed by atoms with Gasteiger partial charge in [0.05, 0.1) is 6.61 Å². The van der Waals surface area contributed by atoms with Gasteiger partial charge in [-0.1, -0.05) is 250 Å². The number of carbonyl (C=O) groups is 2. The van der Waals surface area contributed by atoms with Gasteiger partial charge in [-0.05, 0) is 77.0 Å². The molecule has 0 radical (unpaired) electrons. The van der Waals surface area contributed by atoms with Crippen LogP contribution in [0.25, 0.3) is 0 Å². The fourth-order valence-electron chi connectivity index (χ4n) is 8.36. The van der Waals surface area contributed by atoms with Crippen molar-refractivity contribution in [2.75, 3.05) is 19.8 Å². The molecular formula is C59H110O5. The van der Waals surface area contributed by atoms with Crippen LogP contribution in [0.15, 0.2) is 36.5 Å². The summed E-state index contributed by atoms with van der Waals surface area (Å²) in [6.07, 6.45) is 67.3. The van der Waals surface area contributed by atoms with Crippen LogP contribution >= 0.6 is 0 Å². The van der Waals surface area contributed by atoms with E-state index in [2.05, 4.69) is 57.2 Å². The molecule has 0 aromatic heterocycles. The Balaban J connectivity index is 4.22. The molecular weight excluding hydrogens is 789 g/mol. The summed E-state index contributed by atoms with van der Waals surface area (Å²) in [5.74, 6) is -0.388. The predicted octanol–water partition coefficient (Wildman–Crippen LogP) is 19.4. The van der Waals surface area contributed by atoms with E-state index >= 15 is 0 Å². The zero-order valence-electron chi connectivity index (χ0n) is 43.3. The highest BCUT2D eigenvalue weighted by molar-refractivity contribution is 5.70. The van der Waals surface area contributed by atoms with Gasteiger partial charge in [0.2, 0.25) is 0 Å². The third kappa shape index (κ3) is 52.7. The second kappa shape index (κ2) is 55.4. The summed E-state index contributed by atoms with van der Waals surface area (Å²) in [5, 5.41) is 0. The quantitative estimate of drug-likeness (QED) is 0.0346.